The van der Waals surface area contributed by atoms with Crippen LogP contribution in [0.1, 0.15) is 6.42 Å². The fourth-order valence-corrected chi connectivity index (χ4v) is 2.40. The molecule has 1 heterocycles. The van der Waals surface area contributed by atoms with Crippen molar-refractivity contribution in [2.24, 2.45) is 5.92 Å². The van der Waals surface area contributed by atoms with E-state index < -0.39 is 12.8 Å². The van der Waals surface area contributed by atoms with Crippen molar-refractivity contribution in [3.63, 3.8) is 0 Å². The highest BCUT2D eigenvalue weighted by atomic mass is 19.4. The lowest BCUT2D eigenvalue weighted by Gasteiger charge is -2.22. The maximum atomic E-state index is 12.3. The highest BCUT2D eigenvalue weighted by Crippen LogP contribution is 2.27. The second-order valence-electron chi connectivity index (χ2n) is 5.18. The Morgan fingerprint density at radius 3 is 2.77 bits per heavy atom. The summed E-state index contributed by atoms with van der Waals surface area (Å²) in [4.78, 5) is 0. The van der Waals surface area contributed by atoms with Gasteiger partial charge in [-0.3, -0.25) is 0 Å². The number of hydrogen-bond acceptors (Lipinski definition) is 4. The van der Waals surface area contributed by atoms with E-state index in [2.05, 4.69) is 5.32 Å². The van der Waals surface area contributed by atoms with Crippen molar-refractivity contribution in [1.29, 1.82) is 0 Å². The monoisotopic (exact) mass is 319 g/mol. The molecule has 2 atom stereocenters. The number of rotatable bonds is 7. The quantitative estimate of drug-likeness (QED) is 0.838. The zero-order chi connectivity index (χ0) is 16.0. The van der Waals surface area contributed by atoms with E-state index in [0.717, 1.165) is 13.0 Å². The molecule has 1 fully saturated rings. The molecule has 1 aromatic carbocycles. The number of methoxy groups -OCH3 is 1. The van der Waals surface area contributed by atoms with Crippen LogP contribution in [0.15, 0.2) is 24.3 Å². The molecule has 1 aliphatic rings. The Morgan fingerprint density at radius 1 is 1.36 bits per heavy atom. The molecule has 1 saturated heterocycles. The van der Waals surface area contributed by atoms with Gasteiger partial charge in [0.2, 0.25) is 0 Å². The molecular formula is C15H20F3NO3. The van der Waals surface area contributed by atoms with Crippen molar-refractivity contribution in [3.8, 4) is 5.75 Å². The Bertz CT molecular complexity index is 462. The number of benzene rings is 1. The normalized spacial score (nSPS) is 19.9. The second kappa shape index (κ2) is 7.69. The van der Waals surface area contributed by atoms with Gasteiger partial charge in [-0.15, -0.1) is 0 Å². The molecule has 0 radical (unpaired) electrons. The van der Waals surface area contributed by atoms with Crippen LogP contribution in [-0.2, 0) is 9.47 Å². The number of halogens is 3. The zero-order valence-electron chi connectivity index (χ0n) is 12.4. The average molecular weight is 319 g/mol. The van der Waals surface area contributed by atoms with Gasteiger partial charge in [-0.05, 0) is 18.6 Å². The maximum Gasteiger partial charge on any atom is 0.422 e. The fourth-order valence-electron chi connectivity index (χ4n) is 2.40. The van der Waals surface area contributed by atoms with E-state index >= 15 is 0 Å². The highest BCUT2D eigenvalue weighted by molar-refractivity contribution is 5.56. The number of ether oxygens (including phenoxy) is 3. The van der Waals surface area contributed by atoms with E-state index in [1.165, 1.54) is 6.07 Å². The van der Waals surface area contributed by atoms with Gasteiger partial charge in [0.25, 0.3) is 0 Å². The molecule has 7 heteroatoms. The van der Waals surface area contributed by atoms with Gasteiger partial charge in [0.1, 0.15) is 5.75 Å². The Labute approximate surface area is 127 Å². The summed E-state index contributed by atoms with van der Waals surface area (Å²) in [6, 6.07) is 6.57. The fraction of sp³-hybridized carbons (Fsp3) is 0.600. The first kappa shape index (κ1) is 16.9. The topological polar surface area (TPSA) is 39.7 Å². The molecular weight excluding hydrogens is 299 g/mol. The van der Waals surface area contributed by atoms with Crippen LogP contribution in [0.3, 0.4) is 0 Å². The summed E-state index contributed by atoms with van der Waals surface area (Å²) in [5, 5.41) is 3.10. The van der Waals surface area contributed by atoms with Gasteiger partial charge in [0.05, 0.1) is 18.4 Å². The Hall–Kier alpha value is -1.47. The van der Waals surface area contributed by atoms with Gasteiger partial charge in [0.15, 0.2) is 6.61 Å². The maximum absolute atomic E-state index is 12.3. The summed E-state index contributed by atoms with van der Waals surface area (Å²) in [5.74, 6) is 0.470. The standard InChI is InChI=1S/C15H20F3NO3/c1-20-14(11-6-7-21-9-11)8-19-12-4-2-3-5-13(12)22-10-15(16,17)18/h2-5,11,14,19H,6-10H2,1H3. The Kier molecular flexibility index (Phi) is 5.90. The summed E-state index contributed by atoms with van der Waals surface area (Å²) in [6.45, 7) is 0.537. The van der Waals surface area contributed by atoms with Gasteiger partial charge in [-0.2, -0.15) is 13.2 Å². The van der Waals surface area contributed by atoms with Crippen molar-refractivity contribution in [1.82, 2.24) is 0 Å². The molecule has 1 N–H and O–H groups in total. The van der Waals surface area contributed by atoms with Gasteiger partial charge >= 0.3 is 6.18 Å². The van der Waals surface area contributed by atoms with Crippen LogP contribution in [0.4, 0.5) is 18.9 Å². The van der Waals surface area contributed by atoms with E-state index in [1.54, 1.807) is 25.3 Å². The van der Waals surface area contributed by atoms with E-state index in [-0.39, 0.29) is 11.9 Å². The van der Waals surface area contributed by atoms with Gasteiger partial charge < -0.3 is 19.5 Å². The molecule has 0 saturated carbocycles. The summed E-state index contributed by atoms with van der Waals surface area (Å²) in [6.07, 6.45) is -3.49. The first-order valence-corrected chi connectivity index (χ1v) is 7.12. The molecule has 0 bridgehead atoms. The third kappa shape index (κ3) is 5.06. The Balaban J connectivity index is 1.93. The van der Waals surface area contributed by atoms with Gasteiger partial charge in [-0.1, -0.05) is 12.1 Å². The van der Waals surface area contributed by atoms with E-state index in [4.69, 9.17) is 14.2 Å². The number of hydrogen-bond donors (Lipinski definition) is 1. The summed E-state index contributed by atoms with van der Waals surface area (Å²) < 4.78 is 52.4. The van der Waals surface area contributed by atoms with Crippen molar-refractivity contribution in [2.75, 3.05) is 38.8 Å². The number of alkyl halides is 3. The van der Waals surface area contributed by atoms with Crippen LogP contribution in [0.2, 0.25) is 0 Å². The van der Waals surface area contributed by atoms with Gasteiger partial charge in [-0.25, -0.2) is 0 Å². The number of nitrogens with one attached hydrogen (secondary N) is 1. The Morgan fingerprint density at radius 2 is 2.14 bits per heavy atom. The van der Waals surface area contributed by atoms with Crippen molar-refractivity contribution in [3.05, 3.63) is 24.3 Å². The molecule has 0 aromatic heterocycles. The third-order valence-electron chi connectivity index (χ3n) is 3.57. The zero-order valence-corrected chi connectivity index (χ0v) is 12.4. The first-order chi connectivity index (χ1) is 10.5. The lowest BCUT2D eigenvalue weighted by molar-refractivity contribution is -0.153. The molecule has 2 rings (SSSR count). The van der Waals surface area contributed by atoms with Crippen molar-refractivity contribution in [2.45, 2.75) is 18.7 Å². The first-order valence-electron chi connectivity index (χ1n) is 7.12. The summed E-state index contributed by atoms with van der Waals surface area (Å²) in [7, 11) is 1.62. The van der Waals surface area contributed by atoms with Crippen LogP contribution in [0.5, 0.6) is 5.75 Å². The second-order valence-corrected chi connectivity index (χ2v) is 5.18. The molecule has 22 heavy (non-hydrogen) atoms. The van der Waals surface area contributed by atoms with Crippen LogP contribution in [0, 0.1) is 5.92 Å². The molecule has 0 amide bonds. The molecule has 0 aliphatic carbocycles. The average Bonchev–Trinajstić information content (AvgIpc) is 3.00. The molecule has 4 nitrogen and oxygen atoms in total. The smallest absolute Gasteiger partial charge is 0.422 e. The molecule has 0 spiro atoms. The van der Waals surface area contributed by atoms with Crippen molar-refractivity contribution >= 4 is 5.69 Å². The highest BCUT2D eigenvalue weighted by Gasteiger charge is 2.29. The van der Waals surface area contributed by atoms with Crippen LogP contribution in [-0.4, -0.2) is 45.8 Å². The number of anilines is 1. The van der Waals surface area contributed by atoms with Gasteiger partial charge in [0, 0.05) is 26.2 Å². The summed E-state index contributed by atoms with van der Waals surface area (Å²) in [5.41, 5.74) is 0.521. The lowest BCUT2D eigenvalue weighted by atomic mass is 10.0. The predicted molar refractivity (Wildman–Crippen MR) is 76.2 cm³/mol. The van der Waals surface area contributed by atoms with Crippen molar-refractivity contribution < 1.29 is 27.4 Å². The van der Waals surface area contributed by atoms with E-state index in [1.807, 2.05) is 0 Å². The lowest BCUT2D eigenvalue weighted by Crippen LogP contribution is -2.31. The minimum Gasteiger partial charge on any atom is -0.482 e. The SMILES string of the molecule is COC(CNc1ccccc1OCC(F)(F)F)C1CCOC1. The van der Waals surface area contributed by atoms with Crippen LogP contribution < -0.4 is 10.1 Å². The minimum atomic E-state index is -4.36. The van der Waals surface area contributed by atoms with E-state index in [0.29, 0.717) is 24.8 Å². The molecule has 1 aliphatic heterocycles. The van der Waals surface area contributed by atoms with Crippen LogP contribution in [0.25, 0.3) is 0 Å². The van der Waals surface area contributed by atoms with E-state index in [9.17, 15) is 13.2 Å². The molecule has 2 unspecified atom stereocenters. The third-order valence-corrected chi connectivity index (χ3v) is 3.57. The predicted octanol–water partition coefficient (Wildman–Crippen LogP) is 3.09. The molecule has 1 aromatic rings. The molecule has 124 valence electrons. The largest absolute Gasteiger partial charge is 0.482 e. The summed E-state index contributed by atoms with van der Waals surface area (Å²) >= 11 is 0. The van der Waals surface area contributed by atoms with Crippen LogP contribution >= 0.6 is 0 Å². The minimum absolute atomic E-state index is 0.0572. The number of para-hydroxylation sites is 2.